The van der Waals surface area contributed by atoms with E-state index in [1.807, 2.05) is 0 Å². The Labute approximate surface area is 98.6 Å². The lowest BCUT2D eigenvalue weighted by atomic mass is 10.1. The zero-order chi connectivity index (χ0) is 12.1. The van der Waals surface area contributed by atoms with Crippen molar-refractivity contribution < 1.29 is 14.3 Å². The van der Waals surface area contributed by atoms with Crippen molar-refractivity contribution >= 4 is 23.4 Å². The number of rotatable bonds is 4. The fourth-order valence-corrected chi connectivity index (χ4v) is 1.47. The number of aromatic nitrogens is 1. The first-order chi connectivity index (χ1) is 7.54. The lowest BCUT2D eigenvalue weighted by Gasteiger charge is -2.03. The molecule has 16 heavy (non-hydrogen) atoms. The predicted octanol–water partition coefficient (Wildman–Crippen LogP) is 2.18. The number of carbonyl (C=O) groups excluding carboxylic acids is 2. The Morgan fingerprint density at radius 1 is 1.44 bits per heavy atom. The molecule has 0 spiro atoms. The Morgan fingerprint density at radius 3 is 2.69 bits per heavy atom. The van der Waals surface area contributed by atoms with Crippen LogP contribution in [0, 0.1) is 6.92 Å². The minimum atomic E-state index is -0.552. The van der Waals surface area contributed by atoms with E-state index in [1.165, 1.54) is 0 Å². The number of hydrogen-bond acceptors (Lipinski definition) is 4. The number of nitrogens with zero attached hydrogens (tertiary/aromatic N) is 1. The standard InChI is InChI=1S/C11H12ClNO3/c1-3-16-10(15)6-9(14)8-5-4-7(2)13-11(8)12/h4-5H,3,6H2,1-2H3. The highest BCUT2D eigenvalue weighted by Crippen LogP contribution is 2.15. The van der Waals surface area contributed by atoms with Gasteiger partial charge in [0.05, 0.1) is 12.2 Å². The maximum Gasteiger partial charge on any atom is 0.313 e. The Bertz CT molecular complexity index is 418. The van der Waals surface area contributed by atoms with Gasteiger partial charge in [0.15, 0.2) is 5.78 Å². The first kappa shape index (κ1) is 12.6. The van der Waals surface area contributed by atoms with Crippen LogP contribution >= 0.6 is 11.6 Å². The second-order valence-electron chi connectivity index (χ2n) is 3.20. The molecule has 0 aliphatic carbocycles. The Kier molecular flexibility index (Phi) is 4.43. The molecule has 1 aromatic heterocycles. The van der Waals surface area contributed by atoms with Crippen LogP contribution in [-0.4, -0.2) is 23.3 Å². The van der Waals surface area contributed by atoms with Crippen LogP contribution in [0.5, 0.6) is 0 Å². The molecule has 0 radical (unpaired) electrons. The molecule has 0 saturated heterocycles. The van der Waals surface area contributed by atoms with Crippen LogP contribution in [0.25, 0.3) is 0 Å². The Morgan fingerprint density at radius 2 is 2.12 bits per heavy atom. The summed E-state index contributed by atoms with van der Waals surface area (Å²) in [5.74, 6) is -0.930. The van der Waals surface area contributed by atoms with E-state index in [9.17, 15) is 9.59 Å². The summed E-state index contributed by atoms with van der Waals surface area (Å²) in [5, 5.41) is 0.120. The van der Waals surface area contributed by atoms with Gasteiger partial charge in [-0.2, -0.15) is 0 Å². The van der Waals surface area contributed by atoms with Crippen LogP contribution < -0.4 is 0 Å². The fraction of sp³-hybridized carbons (Fsp3) is 0.364. The second-order valence-corrected chi connectivity index (χ2v) is 3.55. The first-order valence-electron chi connectivity index (χ1n) is 4.86. The van der Waals surface area contributed by atoms with Crippen LogP contribution in [0.4, 0.5) is 0 Å². The molecule has 1 rings (SSSR count). The molecular weight excluding hydrogens is 230 g/mol. The molecular formula is C11H12ClNO3. The number of Topliss-reactive ketones (excluding diaryl/α,β-unsaturated/α-hetero) is 1. The lowest BCUT2D eigenvalue weighted by Crippen LogP contribution is -2.12. The summed E-state index contributed by atoms with van der Waals surface area (Å²) in [6.07, 6.45) is -0.307. The van der Waals surface area contributed by atoms with E-state index in [-0.39, 0.29) is 29.5 Å². The molecule has 4 nitrogen and oxygen atoms in total. The van der Waals surface area contributed by atoms with Gasteiger partial charge in [0.2, 0.25) is 0 Å². The van der Waals surface area contributed by atoms with E-state index in [1.54, 1.807) is 26.0 Å². The molecule has 0 unspecified atom stereocenters. The predicted molar refractivity (Wildman–Crippen MR) is 59.6 cm³/mol. The van der Waals surface area contributed by atoms with Crippen LogP contribution in [0.2, 0.25) is 5.15 Å². The molecule has 5 heteroatoms. The smallest absolute Gasteiger partial charge is 0.313 e. The number of ketones is 1. The van der Waals surface area contributed by atoms with Gasteiger partial charge < -0.3 is 4.74 Å². The van der Waals surface area contributed by atoms with Gasteiger partial charge in [-0.15, -0.1) is 0 Å². The van der Waals surface area contributed by atoms with Crippen LogP contribution in [0.3, 0.4) is 0 Å². The molecule has 0 aliphatic heterocycles. The maximum atomic E-state index is 11.6. The van der Waals surface area contributed by atoms with Gasteiger partial charge in [-0.1, -0.05) is 11.6 Å². The highest BCUT2D eigenvalue weighted by Gasteiger charge is 2.16. The summed E-state index contributed by atoms with van der Waals surface area (Å²) in [7, 11) is 0. The van der Waals surface area contributed by atoms with Gasteiger partial charge in [0, 0.05) is 5.69 Å². The fourth-order valence-electron chi connectivity index (χ4n) is 1.17. The van der Waals surface area contributed by atoms with E-state index in [0.717, 1.165) is 5.69 Å². The molecule has 1 aromatic rings. The third kappa shape index (κ3) is 3.31. The van der Waals surface area contributed by atoms with Crippen molar-refractivity contribution in [2.45, 2.75) is 20.3 Å². The summed E-state index contributed by atoms with van der Waals surface area (Å²) in [4.78, 5) is 26.7. The molecule has 0 aromatic carbocycles. The third-order valence-electron chi connectivity index (χ3n) is 1.90. The van der Waals surface area contributed by atoms with Crippen molar-refractivity contribution in [3.63, 3.8) is 0 Å². The Balaban J connectivity index is 2.77. The van der Waals surface area contributed by atoms with E-state index in [0.29, 0.717) is 0 Å². The van der Waals surface area contributed by atoms with Crippen molar-refractivity contribution in [2.75, 3.05) is 6.61 Å². The zero-order valence-corrected chi connectivity index (χ0v) is 9.87. The molecule has 0 aliphatic rings. The summed E-state index contributed by atoms with van der Waals surface area (Å²) in [6, 6.07) is 3.23. The summed E-state index contributed by atoms with van der Waals surface area (Å²) < 4.78 is 4.67. The minimum Gasteiger partial charge on any atom is -0.466 e. The normalized spacial score (nSPS) is 9.94. The maximum absolute atomic E-state index is 11.6. The van der Waals surface area contributed by atoms with Crippen molar-refractivity contribution in [1.29, 1.82) is 0 Å². The number of hydrogen-bond donors (Lipinski definition) is 0. The van der Waals surface area contributed by atoms with E-state index in [2.05, 4.69) is 9.72 Å². The lowest BCUT2D eigenvalue weighted by molar-refractivity contribution is -0.141. The summed E-state index contributed by atoms with van der Waals surface area (Å²) in [6.45, 7) is 3.71. The highest BCUT2D eigenvalue weighted by molar-refractivity contribution is 6.33. The molecule has 0 bridgehead atoms. The molecule has 1 heterocycles. The highest BCUT2D eigenvalue weighted by atomic mass is 35.5. The quantitative estimate of drug-likeness (QED) is 0.351. The van der Waals surface area contributed by atoms with E-state index in [4.69, 9.17) is 11.6 Å². The van der Waals surface area contributed by atoms with Crippen LogP contribution in [0.1, 0.15) is 29.4 Å². The minimum absolute atomic E-state index is 0.120. The van der Waals surface area contributed by atoms with Gasteiger partial charge in [0.1, 0.15) is 11.6 Å². The summed E-state index contributed by atoms with van der Waals surface area (Å²) >= 11 is 5.80. The summed E-state index contributed by atoms with van der Waals surface area (Å²) in [5.41, 5.74) is 0.970. The largest absolute Gasteiger partial charge is 0.466 e. The number of carbonyl (C=O) groups is 2. The van der Waals surface area contributed by atoms with Gasteiger partial charge in [-0.25, -0.2) is 4.98 Å². The second kappa shape index (κ2) is 5.61. The number of esters is 1. The van der Waals surface area contributed by atoms with Crippen molar-refractivity contribution in [1.82, 2.24) is 4.98 Å². The Hall–Kier alpha value is -1.42. The number of halogens is 1. The van der Waals surface area contributed by atoms with Gasteiger partial charge >= 0.3 is 5.97 Å². The van der Waals surface area contributed by atoms with E-state index >= 15 is 0 Å². The molecule has 0 atom stereocenters. The van der Waals surface area contributed by atoms with Gasteiger partial charge in [-0.05, 0) is 26.0 Å². The monoisotopic (exact) mass is 241 g/mol. The zero-order valence-electron chi connectivity index (χ0n) is 9.12. The van der Waals surface area contributed by atoms with Crippen LogP contribution in [-0.2, 0) is 9.53 Å². The number of ether oxygens (including phenoxy) is 1. The van der Waals surface area contributed by atoms with Crippen molar-refractivity contribution in [2.24, 2.45) is 0 Å². The molecule has 0 amide bonds. The third-order valence-corrected chi connectivity index (χ3v) is 2.19. The average molecular weight is 242 g/mol. The first-order valence-corrected chi connectivity index (χ1v) is 5.24. The van der Waals surface area contributed by atoms with E-state index < -0.39 is 5.97 Å². The topological polar surface area (TPSA) is 56.3 Å². The van der Waals surface area contributed by atoms with Gasteiger partial charge in [0.25, 0.3) is 0 Å². The molecule has 0 fully saturated rings. The average Bonchev–Trinajstić information content (AvgIpc) is 2.17. The van der Waals surface area contributed by atoms with Gasteiger partial charge in [-0.3, -0.25) is 9.59 Å². The SMILES string of the molecule is CCOC(=O)CC(=O)c1ccc(C)nc1Cl. The number of pyridine rings is 1. The molecule has 0 saturated carbocycles. The van der Waals surface area contributed by atoms with Crippen LogP contribution in [0.15, 0.2) is 12.1 Å². The van der Waals surface area contributed by atoms with Crippen molar-refractivity contribution in [3.8, 4) is 0 Å². The number of aryl methyl sites for hydroxylation is 1. The molecule has 86 valence electrons. The molecule has 0 N–H and O–H groups in total. The van der Waals surface area contributed by atoms with Crippen molar-refractivity contribution in [3.05, 3.63) is 28.5 Å².